The standard InChI is InChI=1S/C22H19ClO3.C17H23NO3/c23-16-11-9-14(10-12-16)13-5-7-15(8-6-13)19-20(24)17-3-1-2-4-18(17)21(25)22(19)26;1-18-13-7-8-14(18)10-15(9-13)21-17(20)16(11-19)12-5-3-2-4-6-12/h1-4,9-13,15,24H,5-8H2;2-6,13-16,19H,7-11H2,1H3/t;13-,14+,15?,16?. The van der Waals surface area contributed by atoms with E-state index < -0.39 is 17.5 Å². The molecule has 4 aliphatic rings. The molecule has 4 atom stereocenters. The van der Waals surface area contributed by atoms with Crippen molar-refractivity contribution < 1.29 is 29.3 Å². The fourth-order valence-corrected chi connectivity index (χ4v) is 8.05. The van der Waals surface area contributed by atoms with Gasteiger partial charge in [0.15, 0.2) is 0 Å². The first-order valence-corrected chi connectivity index (χ1v) is 17.1. The number of ether oxygens (including phenoxy) is 1. The van der Waals surface area contributed by atoms with E-state index >= 15 is 0 Å². The van der Waals surface area contributed by atoms with Crippen LogP contribution in [0, 0.1) is 5.92 Å². The number of carbonyl (C=O) groups excluding carboxylic acids is 3. The lowest BCUT2D eigenvalue weighted by molar-refractivity contribution is -0.155. The Kier molecular flexibility index (Phi) is 10.3. The van der Waals surface area contributed by atoms with Gasteiger partial charge in [-0.1, -0.05) is 78.3 Å². The summed E-state index contributed by atoms with van der Waals surface area (Å²) in [6.45, 7) is -0.206. The smallest absolute Gasteiger partial charge is 0.316 e. The van der Waals surface area contributed by atoms with Crippen LogP contribution in [0.1, 0.15) is 90.3 Å². The van der Waals surface area contributed by atoms with Gasteiger partial charge in [0.25, 0.3) is 0 Å². The van der Waals surface area contributed by atoms with Crippen molar-refractivity contribution in [2.24, 2.45) is 5.92 Å². The largest absolute Gasteiger partial charge is 0.507 e. The van der Waals surface area contributed by atoms with Crippen molar-refractivity contribution in [3.05, 3.63) is 112 Å². The first-order valence-electron chi connectivity index (χ1n) is 16.7. The topological polar surface area (TPSA) is 104 Å². The number of rotatable bonds is 6. The van der Waals surface area contributed by atoms with E-state index in [0.29, 0.717) is 34.7 Å². The fraction of sp³-hybridized carbons (Fsp3) is 0.410. The van der Waals surface area contributed by atoms with Crippen molar-refractivity contribution in [2.75, 3.05) is 13.7 Å². The molecule has 0 aromatic heterocycles. The van der Waals surface area contributed by atoms with Gasteiger partial charge >= 0.3 is 5.97 Å². The third kappa shape index (κ3) is 7.08. The molecule has 2 heterocycles. The van der Waals surface area contributed by atoms with Gasteiger partial charge in [0, 0.05) is 33.8 Å². The molecule has 0 spiro atoms. The molecule has 2 saturated heterocycles. The summed E-state index contributed by atoms with van der Waals surface area (Å²) in [6.07, 6.45) is 7.68. The first kappa shape index (κ1) is 33.1. The number of hydrogen-bond donors (Lipinski definition) is 2. The van der Waals surface area contributed by atoms with Crippen LogP contribution in [0.25, 0.3) is 5.76 Å². The molecule has 2 N–H and O–H groups in total. The van der Waals surface area contributed by atoms with Gasteiger partial charge in [-0.25, -0.2) is 0 Å². The first-order chi connectivity index (χ1) is 22.7. The predicted octanol–water partition coefficient (Wildman–Crippen LogP) is 7.28. The monoisotopic (exact) mass is 655 g/mol. The molecule has 3 aromatic carbocycles. The van der Waals surface area contributed by atoms with Crippen molar-refractivity contribution in [3.8, 4) is 0 Å². The Balaban J connectivity index is 0.000000168. The highest BCUT2D eigenvalue weighted by Gasteiger charge is 2.41. The summed E-state index contributed by atoms with van der Waals surface area (Å²) in [4.78, 5) is 39.8. The van der Waals surface area contributed by atoms with Gasteiger partial charge in [-0.3, -0.25) is 14.4 Å². The van der Waals surface area contributed by atoms with Gasteiger partial charge in [0.05, 0.1) is 6.61 Å². The zero-order chi connectivity index (χ0) is 33.1. The van der Waals surface area contributed by atoms with E-state index in [4.69, 9.17) is 16.3 Å². The van der Waals surface area contributed by atoms with E-state index in [1.807, 2.05) is 42.5 Å². The highest BCUT2D eigenvalue weighted by molar-refractivity contribution is 6.52. The number of esters is 1. The molecule has 8 heteroatoms. The number of carbonyl (C=O) groups is 3. The summed E-state index contributed by atoms with van der Waals surface area (Å²) in [7, 11) is 2.17. The van der Waals surface area contributed by atoms with Crippen LogP contribution >= 0.6 is 11.6 Å². The lowest BCUT2D eigenvalue weighted by Gasteiger charge is -2.36. The Labute approximate surface area is 281 Å². The molecule has 3 fully saturated rings. The van der Waals surface area contributed by atoms with Crippen molar-refractivity contribution in [1.29, 1.82) is 0 Å². The third-order valence-corrected chi connectivity index (χ3v) is 10.9. The summed E-state index contributed by atoms with van der Waals surface area (Å²) in [5.41, 5.74) is 3.16. The lowest BCUT2D eigenvalue weighted by Crippen LogP contribution is -2.43. The maximum atomic E-state index is 12.6. The van der Waals surface area contributed by atoms with Gasteiger partial charge < -0.3 is 19.8 Å². The van der Waals surface area contributed by atoms with E-state index in [9.17, 15) is 24.6 Å². The Morgan fingerprint density at radius 3 is 2.00 bits per heavy atom. The quantitative estimate of drug-likeness (QED) is 0.212. The van der Waals surface area contributed by atoms with Crippen LogP contribution in [-0.2, 0) is 14.3 Å². The van der Waals surface area contributed by atoms with Gasteiger partial charge in [0.2, 0.25) is 11.6 Å². The molecule has 2 aliphatic carbocycles. The Morgan fingerprint density at radius 1 is 0.809 bits per heavy atom. The van der Waals surface area contributed by atoms with Crippen molar-refractivity contribution in [2.45, 2.75) is 81.4 Å². The molecule has 2 aliphatic heterocycles. The molecular formula is C39H42ClNO6. The minimum atomic E-state index is -0.566. The van der Waals surface area contributed by atoms with Crippen molar-refractivity contribution in [1.82, 2.24) is 4.90 Å². The number of Topliss-reactive ketones (excluding diaryl/α,β-unsaturated/α-hetero) is 2. The molecule has 0 amide bonds. The fourth-order valence-electron chi connectivity index (χ4n) is 7.92. The van der Waals surface area contributed by atoms with E-state index in [1.165, 1.54) is 18.4 Å². The number of hydrogen-bond acceptors (Lipinski definition) is 7. The second-order valence-electron chi connectivity index (χ2n) is 13.3. The van der Waals surface area contributed by atoms with Crippen LogP contribution in [0.3, 0.4) is 0 Å². The number of ketones is 2. The lowest BCUT2D eigenvalue weighted by atomic mass is 9.72. The maximum absolute atomic E-state index is 12.6. The highest BCUT2D eigenvalue weighted by atomic mass is 35.5. The average Bonchev–Trinajstić information content (AvgIpc) is 3.28. The normalized spacial score (nSPS) is 26.2. The molecule has 246 valence electrons. The zero-order valence-electron chi connectivity index (χ0n) is 26.7. The molecule has 3 aromatic rings. The summed E-state index contributed by atoms with van der Waals surface area (Å²) < 4.78 is 5.70. The number of allylic oxidation sites excluding steroid dienone is 1. The zero-order valence-corrected chi connectivity index (χ0v) is 27.4. The second-order valence-corrected chi connectivity index (χ2v) is 13.7. The van der Waals surface area contributed by atoms with Crippen LogP contribution in [0.5, 0.6) is 0 Å². The number of fused-ring (bicyclic) bond motifs is 3. The second kappa shape index (κ2) is 14.5. The van der Waals surface area contributed by atoms with Crippen molar-refractivity contribution in [3.63, 3.8) is 0 Å². The summed E-state index contributed by atoms with van der Waals surface area (Å²) in [6, 6.07) is 25.2. The number of benzene rings is 3. The predicted molar refractivity (Wildman–Crippen MR) is 181 cm³/mol. The molecular weight excluding hydrogens is 614 g/mol. The van der Waals surface area contributed by atoms with Crippen LogP contribution in [0.2, 0.25) is 5.02 Å². The number of nitrogens with zero attached hydrogens (tertiary/aromatic N) is 1. The molecule has 0 radical (unpaired) electrons. The Hall–Kier alpha value is -3.78. The minimum absolute atomic E-state index is 0.00367. The van der Waals surface area contributed by atoms with Gasteiger partial charge in [-0.05, 0) is 93.5 Å². The number of piperidine rings is 1. The maximum Gasteiger partial charge on any atom is 0.316 e. The highest BCUT2D eigenvalue weighted by Crippen LogP contribution is 2.43. The molecule has 47 heavy (non-hydrogen) atoms. The number of aliphatic hydroxyl groups is 2. The van der Waals surface area contributed by atoms with E-state index in [-0.39, 0.29) is 30.4 Å². The Morgan fingerprint density at radius 2 is 1.38 bits per heavy atom. The average molecular weight is 656 g/mol. The number of halogens is 1. The van der Waals surface area contributed by atoms with Gasteiger partial charge in [-0.2, -0.15) is 0 Å². The van der Waals surface area contributed by atoms with Gasteiger partial charge in [-0.15, -0.1) is 0 Å². The van der Waals surface area contributed by atoms with E-state index in [2.05, 4.69) is 24.1 Å². The van der Waals surface area contributed by atoms with Crippen LogP contribution in [-0.4, -0.2) is 64.5 Å². The molecule has 7 nitrogen and oxygen atoms in total. The van der Waals surface area contributed by atoms with Crippen LogP contribution in [0.15, 0.2) is 84.4 Å². The molecule has 1 saturated carbocycles. The molecule has 7 rings (SSSR count). The molecule has 2 unspecified atom stereocenters. The summed E-state index contributed by atoms with van der Waals surface area (Å²) in [5, 5.41) is 20.9. The summed E-state index contributed by atoms with van der Waals surface area (Å²) in [5.74, 6) is -1.57. The van der Waals surface area contributed by atoms with Crippen LogP contribution in [0.4, 0.5) is 0 Å². The van der Waals surface area contributed by atoms with Gasteiger partial charge in [0.1, 0.15) is 17.8 Å². The third-order valence-electron chi connectivity index (χ3n) is 10.6. The Bertz CT molecular complexity index is 1610. The summed E-state index contributed by atoms with van der Waals surface area (Å²) >= 11 is 5.96. The van der Waals surface area contributed by atoms with Crippen molar-refractivity contribution >= 4 is 34.9 Å². The van der Waals surface area contributed by atoms with Crippen LogP contribution < -0.4 is 0 Å². The van der Waals surface area contributed by atoms with E-state index in [1.54, 1.807) is 24.3 Å². The number of aliphatic hydroxyl groups excluding tert-OH is 2. The minimum Gasteiger partial charge on any atom is -0.507 e. The SMILES string of the molecule is CN1[C@@H]2CC[C@H]1CC(OC(=O)C(CO)c1ccccc1)C2.O=C1C(=O)c2ccccc2C(O)=C1C1CCC(c2ccc(Cl)cc2)CC1. The molecule has 2 bridgehead atoms. The van der Waals surface area contributed by atoms with E-state index in [0.717, 1.165) is 49.1 Å².